The number of hydrogen-bond donors (Lipinski definition) is 0. The smallest absolute Gasteiger partial charge is 0.118 e. The lowest BCUT2D eigenvalue weighted by Gasteiger charge is -2.25. The van der Waals surface area contributed by atoms with Crippen molar-refractivity contribution < 1.29 is 9.47 Å². The van der Waals surface area contributed by atoms with Crippen molar-refractivity contribution in [3.05, 3.63) is 87.5 Å². The van der Waals surface area contributed by atoms with Gasteiger partial charge in [0.2, 0.25) is 0 Å². The summed E-state index contributed by atoms with van der Waals surface area (Å²) >= 11 is 2.39. The number of benzene rings is 3. The Morgan fingerprint density at radius 1 is 0.468 bits per heavy atom. The normalized spacial score (nSPS) is 11.3. The van der Waals surface area contributed by atoms with Crippen molar-refractivity contribution in [2.45, 2.75) is 123 Å². The number of anilines is 1. The van der Waals surface area contributed by atoms with E-state index in [9.17, 15) is 0 Å². The van der Waals surface area contributed by atoms with Crippen LogP contribution >= 0.6 is 22.6 Å². The molecule has 47 heavy (non-hydrogen) atoms. The summed E-state index contributed by atoms with van der Waals surface area (Å²) in [6.07, 6.45) is 21.7. The van der Waals surface area contributed by atoms with E-state index in [0.29, 0.717) is 0 Å². The van der Waals surface area contributed by atoms with Crippen LogP contribution in [0.5, 0.6) is 11.5 Å². The summed E-state index contributed by atoms with van der Waals surface area (Å²) < 4.78 is 12.0. The van der Waals surface area contributed by atoms with Crippen molar-refractivity contribution in [3.63, 3.8) is 0 Å². The van der Waals surface area contributed by atoms with Crippen LogP contribution in [-0.2, 0) is 13.1 Å². The Bertz CT molecular complexity index is 1170. The van der Waals surface area contributed by atoms with Gasteiger partial charge in [-0.15, -0.1) is 0 Å². The molecule has 0 spiro atoms. The lowest BCUT2D eigenvalue weighted by molar-refractivity contribution is 0.252. The van der Waals surface area contributed by atoms with Crippen molar-refractivity contribution in [1.29, 1.82) is 0 Å². The molecular formula is C42H63IN2O2. The van der Waals surface area contributed by atoms with Crippen molar-refractivity contribution >= 4 is 28.3 Å². The molecule has 3 aromatic carbocycles. The van der Waals surface area contributed by atoms with Gasteiger partial charge in [0, 0.05) is 28.9 Å². The van der Waals surface area contributed by atoms with Crippen LogP contribution in [0.4, 0.5) is 5.69 Å². The van der Waals surface area contributed by atoms with E-state index in [2.05, 4.69) is 112 Å². The van der Waals surface area contributed by atoms with Gasteiger partial charge in [0.15, 0.2) is 0 Å². The summed E-state index contributed by atoms with van der Waals surface area (Å²) in [7, 11) is 3.47. The molecule has 0 aliphatic heterocycles. The Labute approximate surface area is 301 Å². The highest BCUT2D eigenvalue weighted by Gasteiger charge is 2.09. The largest absolute Gasteiger partial charge is 0.497 e. The predicted octanol–water partition coefficient (Wildman–Crippen LogP) is 12.1. The number of unbranched alkanes of at least 4 members (excludes halogenated alkanes) is 14. The Morgan fingerprint density at radius 2 is 0.872 bits per heavy atom. The maximum Gasteiger partial charge on any atom is 0.118 e. The van der Waals surface area contributed by atoms with Gasteiger partial charge < -0.3 is 14.4 Å². The summed E-state index contributed by atoms with van der Waals surface area (Å²) in [5.74, 6) is 1.86. The van der Waals surface area contributed by atoms with Crippen LogP contribution in [-0.4, -0.2) is 38.8 Å². The van der Waals surface area contributed by atoms with E-state index in [4.69, 9.17) is 9.47 Å². The molecule has 3 aromatic rings. The van der Waals surface area contributed by atoms with Crippen LogP contribution < -0.4 is 14.4 Å². The fourth-order valence-corrected chi connectivity index (χ4v) is 6.69. The van der Waals surface area contributed by atoms with E-state index in [1.54, 1.807) is 14.2 Å². The second-order valence-electron chi connectivity index (χ2n) is 13.2. The van der Waals surface area contributed by atoms with Crippen molar-refractivity contribution in [2.75, 3.05) is 38.8 Å². The van der Waals surface area contributed by atoms with Crippen molar-refractivity contribution in [2.24, 2.45) is 0 Å². The first-order chi connectivity index (χ1) is 23.1. The second-order valence-corrected chi connectivity index (χ2v) is 14.4. The summed E-state index contributed by atoms with van der Waals surface area (Å²) in [6, 6.07) is 26.1. The minimum absolute atomic E-state index is 0.918. The van der Waals surface area contributed by atoms with E-state index >= 15 is 0 Å². The first-order valence-corrected chi connectivity index (χ1v) is 19.7. The minimum atomic E-state index is 0.918. The molecule has 5 heteroatoms. The molecule has 0 unspecified atom stereocenters. The molecule has 0 radical (unpaired) electrons. The van der Waals surface area contributed by atoms with E-state index in [-0.39, 0.29) is 0 Å². The van der Waals surface area contributed by atoms with Crippen LogP contribution in [0.2, 0.25) is 0 Å². The van der Waals surface area contributed by atoms with Gasteiger partial charge in [-0.3, -0.25) is 4.90 Å². The average Bonchev–Trinajstić information content (AvgIpc) is 3.10. The highest BCUT2D eigenvalue weighted by molar-refractivity contribution is 14.1. The average molecular weight is 755 g/mol. The Morgan fingerprint density at radius 3 is 1.32 bits per heavy atom. The van der Waals surface area contributed by atoms with E-state index < -0.39 is 0 Å². The number of ether oxygens (including phenoxy) is 2. The van der Waals surface area contributed by atoms with E-state index in [0.717, 1.165) is 31.1 Å². The molecule has 0 amide bonds. The molecule has 0 aliphatic rings. The summed E-state index contributed by atoms with van der Waals surface area (Å²) in [6.45, 7) is 7.84. The molecular weight excluding hydrogens is 691 g/mol. The third kappa shape index (κ3) is 17.1. The van der Waals surface area contributed by atoms with Gasteiger partial charge in [-0.2, -0.15) is 0 Å². The molecule has 0 saturated carbocycles. The van der Waals surface area contributed by atoms with Gasteiger partial charge in [0.05, 0.1) is 14.2 Å². The van der Waals surface area contributed by atoms with Crippen LogP contribution in [0.25, 0.3) is 0 Å². The Hall–Kier alpha value is -2.25. The zero-order valence-electron chi connectivity index (χ0n) is 29.9. The minimum Gasteiger partial charge on any atom is -0.497 e. The first-order valence-electron chi connectivity index (χ1n) is 18.6. The molecule has 0 bridgehead atoms. The van der Waals surface area contributed by atoms with Crippen LogP contribution in [0, 0.1) is 3.57 Å². The predicted molar refractivity (Wildman–Crippen MR) is 211 cm³/mol. The van der Waals surface area contributed by atoms with Crippen molar-refractivity contribution in [1.82, 2.24) is 4.90 Å². The molecule has 0 saturated heterocycles. The van der Waals surface area contributed by atoms with Crippen LogP contribution in [0.1, 0.15) is 121 Å². The number of methoxy groups -OCH3 is 2. The molecule has 260 valence electrons. The number of hydrogen-bond acceptors (Lipinski definition) is 4. The molecule has 3 rings (SSSR count). The number of halogens is 1. The fraction of sp³-hybridized carbons (Fsp3) is 0.571. The van der Waals surface area contributed by atoms with E-state index in [1.165, 1.54) is 136 Å². The third-order valence-electron chi connectivity index (χ3n) is 9.27. The van der Waals surface area contributed by atoms with Gasteiger partial charge in [0.25, 0.3) is 0 Å². The van der Waals surface area contributed by atoms with Gasteiger partial charge >= 0.3 is 0 Å². The summed E-state index contributed by atoms with van der Waals surface area (Å²) in [4.78, 5) is 5.22. The van der Waals surface area contributed by atoms with Gasteiger partial charge in [-0.1, -0.05) is 115 Å². The molecule has 0 aromatic heterocycles. The van der Waals surface area contributed by atoms with Gasteiger partial charge in [-0.25, -0.2) is 0 Å². The molecule has 4 nitrogen and oxygen atoms in total. The topological polar surface area (TPSA) is 24.9 Å². The van der Waals surface area contributed by atoms with Crippen LogP contribution in [0.3, 0.4) is 0 Å². The standard InChI is InChI=1S/C42H63IN2O2/c1-4-5-6-14-17-32-44(35-37-20-28-41(46-2)29-21-37)33-18-15-12-10-8-7-9-11-13-16-19-34-45(40-26-24-39(43)25-27-40)36-38-22-30-42(47-3)31-23-38/h20-31H,4-19,32-36H2,1-3H3. The van der Waals surface area contributed by atoms with Crippen LogP contribution in [0.15, 0.2) is 72.8 Å². The molecule has 0 aliphatic carbocycles. The zero-order chi connectivity index (χ0) is 33.4. The molecule has 0 heterocycles. The lowest BCUT2D eigenvalue weighted by Crippen LogP contribution is -2.25. The summed E-state index contributed by atoms with van der Waals surface area (Å²) in [5, 5.41) is 0. The molecule has 0 fully saturated rings. The monoisotopic (exact) mass is 754 g/mol. The number of nitrogens with zero attached hydrogens (tertiary/aromatic N) is 2. The van der Waals surface area contributed by atoms with Crippen molar-refractivity contribution in [3.8, 4) is 11.5 Å². The lowest BCUT2D eigenvalue weighted by atomic mass is 10.1. The first kappa shape index (κ1) is 39.2. The van der Waals surface area contributed by atoms with Gasteiger partial charge in [-0.05, 0) is 115 Å². The van der Waals surface area contributed by atoms with E-state index in [1.807, 2.05) is 0 Å². The zero-order valence-corrected chi connectivity index (χ0v) is 32.0. The maximum absolute atomic E-state index is 5.35. The highest BCUT2D eigenvalue weighted by atomic mass is 127. The number of rotatable bonds is 27. The quantitative estimate of drug-likeness (QED) is 0.0572. The SMILES string of the molecule is CCCCCCCN(CCCCCCCCCCCCCN(Cc1ccc(OC)cc1)c1ccc(I)cc1)Cc1ccc(OC)cc1. The molecule has 0 N–H and O–H groups in total. The third-order valence-corrected chi connectivity index (χ3v) is 9.99. The fourth-order valence-electron chi connectivity index (χ4n) is 6.33. The molecule has 0 atom stereocenters. The summed E-state index contributed by atoms with van der Waals surface area (Å²) in [5.41, 5.74) is 4.04. The van der Waals surface area contributed by atoms with Gasteiger partial charge in [0.1, 0.15) is 11.5 Å². The Kier molecular flexibility index (Phi) is 20.7. The maximum atomic E-state index is 5.35. The highest BCUT2D eigenvalue weighted by Crippen LogP contribution is 2.22. The Balaban J connectivity index is 1.24. The second kappa shape index (κ2) is 24.8.